The van der Waals surface area contributed by atoms with E-state index in [1.807, 2.05) is 24.3 Å². The maximum atomic E-state index is 6.28. The van der Waals surface area contributed by atoms with E-state index in [0.717, 1.165) is 49.3 Å². The quantitative estimate of drug-likeness (QED) is 0.464. The summed E-state index contributed by atoms with van der Waals surface area (Å²) in [4.78, 5) is 14.3. The Labute approximate surface area is 211 Å². The third-order valence-electron chi connectivity index (χ3n) is 6.59. The molecule has 0 aliphatic carbocycles. The summed E-state index contributed by atoms with van der Waals surface area (Å²) in [5, 5.41) is 7.62. The minimum Gasteiger partial charge on any atom is -0.358 e. The second-order valence-electron chi connectivity index (χ2n) is 9.10. The minimum atomic E-state index is 0.472. The Balaban J connectivity index is 1.35. The Hall–Kier alpha value is -2.90. The van der Waals surface area contributed by atoms with Gasteiger partial charge in [0.2, 0.25) is 5.95 Å². The standard InChI is InChI=1S/C26H29ClN6S/c1-18-10-12-32(13-11-18)23-14-24(33-16-20-7-2-3-8-21(20)17-33)30-25(29-23)31-26(34)28-15-19-6-4-5-9-22(19)27/h2-9,14,18H,10-13,15-17H2,1H3,(H2,28,29,30,31,34). The van der Waals surface area contributed by atoms with Gasteiger partial charge in [-0.25, -0.2) is 0 Å². The number of rotatable bonds is 5. The number of anilines is 3. The van der Waals surface area contributed by atoms with E-state index in [1.165, 1.54) is 24.0 Å². The van der Waals surface area contributed by atoms with E-state index < -0.39 is 0 Å². The van der Waals surface area contributed by atoms with Gasteiger partial charge in [-0.1, -0.05) is 61.0 Å². The van der Waals surface area contributed by atoms with Gasteiger partial charge in [0.1, 0.15) is 11.6 Å². The van der Waals surface area contributed by atoms with Crippen molar-refractivity contribution in [1.82, 2.24) is 15.3 Å². The first-order valence-corrected chi connectivity index (χ1v) is 12.6. The summed E-state index contributed by atoms with van der Waals surface area (Å²) in [7, 11) is 0. The molecule has 1 saturated heterocycles. The molecule has 3 aromatic rings. The van der Waals surface area contributed by atoms with Crippen molar-refractivity contribution in [2.24, 2.45) is 5.92 Å². The van der Waals surface area contributed by atoms with Crippen LogP contribution in [0.3, 0.4) is 0 Å². The van der Waals surface area contributed by atoms with Crippen molar-refractivity contribution in [3.8, 4) is 0 Å². The van der Waals surface area contributed by atoms with E-state index in [4.69, 9.17) is 33.8 Å². The van der Waals surface area contributed by atoms with E-state index in [2.05, 4.69) is 57.7 Å². The molecule has 34 heavy (non-hydrogen) atoms. The molecule has 0 bridgehead atoms. The number of hydrogen-bond donors (Lipinski definition) is 2. The van der Waals surface area contributed by atoms with Gasteiger partial charge in [-0.15, -0.1) is 0 Å². The SMILES string of the molecule is CC1CCN(c2cc(N3Cc4ccccc4C3)nc(NC(=S)NCc3ccccc3Cl)n2)CC1. The van der Waals surface area contributed by atoms with E-state index in [-0.39, 0.29) is 0 Å². The third kappa shape index (κ3) is 5.26. The van der Waals surface area contributed by atoms with Gasteiger partial charge in [-0.05, 0) is 53.7 Å². The van der Waals surface area contributed by atoms with Gasteiger partial charge in [0, 0.05) is 43.8 Å². The van der Waals surface area contributed by atoms with E-state index in [0.29, 0.717) is 22.6 Å². The smallest absolute Gasteiger partial charge is 0.232 e. The fraction of sp³-hybridized carbons (Fsp3) is 0.346. The van der Waals surface area contributed by atoms with E-state index in [1.54, 1.807) is 0 Å². The molecule has 0 radical (unpaired) electrons. The van der Waals surface area contributed by atoms with Crippen LogP contribution in [-0.2, 0) is 19.6 Å². The van der Waals surface area contributed by atoms with Gasteiger partial charge in [-0.3, -0.25) is 0 Å². The van der Waals surface area contributed by atoms with Crippen LogP contribution in [0.4, 0.5) is 17.6 Å². The van der Waals surface area contributed by atoms with Crippen LogP contribution >= 0.6 is 23.8 Å². The summed E-state index contributed by atoms with van der Waals surface area (Å²) in [5.41, 5.74) is 3.68. The molecule has 1 fully saturated rings. The molecule has 0 atom stereocenters. The summed E-state index contributed by atoms with van der Waals surface area (Å²) < 4.78 is 0. The molecule has 0 unspecified atom stereocenters. The number of thiocarbonyl (C=S) groups is 1. The number of fused-ring (bicyclic) bond motifs is 1. The molecule has 2 aliphatic heterocycles. The van der Waals surface area contributed by atoms with Crippen molar-refractivity contribution >= 4 is 46.5 Å². The fourth-order valence-corrected chi connectivity index (χ4v) is 4.86. The van der Waals surface area contributed by atoms with Gasteiger partial charge >= 0.3 is 0 Å². The lowest BCUT2D eigenvalue weighted by atomic mass is 9.99. The zero-order valence-corrected chi connectivity index (χ0v) is 20.9. The highest BCUT2D eigenvalue weighted by Gasteiger charge is 2.23. The first kappa shape index (κ1) is 22.9. The average Bonchev–Trinajstić information content (AvgIpc) is 3.28. The van der Waals surface area contributed by atoms with Crippen LogP contribution in [0.25, 0.3) is 0 Å². The molecule has 1 aromatic heterocycles. The number of piperidine rings is 1. The monoisotopic (exact) mass is 492 g/mol. The topological polar surface area (TPSA) is 56.3 Å². The first-order chi connectivity index (χ1) is 16.5. The van der Waals surface area contributed by atoms with Crippen LogP contribution < -0.4 is 20.4 Å². The van der Waals surface area contributed by atoms with Crippen LogP contribution in [0.1, 0.15) is 36.5 Å². The Morgan fingerprint density at radius 2 is 1.59 bits per heavy atom. The average molecular weight is 493 g/mol. The van der Waals surface area contributed by atoms with Crippen molar-refractivity contribution in [1.29, 1.82) is 0 Å². The van der Waals surface area contributed by atoms with Gasteiger partial charge in [0.05, 0.1) is 0 Å². The highest BCUT2D eigenvalue weighted by atomic mass is 35.5. The van der Waals surface area contributed by atoms with Crippen molar-refractivity contribution in [3.05, 3.63) is 76.3 Å². The van der Waals surface area contributed by atoms with Crippen LogP contribution in [0.5, 0.6) is 0 Å². The number of nitrogens with zero attached hydrogens (tertiary/aromatic N) is 4. The second kappa shape index (κ2) is 10.2. The van der Waals surface area contributed by atoms with Gasteiger partial charge in [0.25, 0.3) is 0 Å². The van der Waals surface area contributed by atoms with Gasteiger partial charge in [0.15, 0.2) is 5.11 Å². The van der Waals surface area contributed by atoms with Crippen molar-refractivity contribution in [3.63, 3.8) is 0 Å². The lowest BCUT2D eigenvalue weighted by Crippen LogP contribution is -2.34. The first-order valence-electron chi connectivity index (χ1n) is 11.8. The third-order valence-corrected chi connectivity index (χ3v) is 7.21. The zero-order chi connectivity index (χ0) is 23.5. The Bertz CT molecular complexity index is 1150. The van der Waals surface area contributed by atoms with E-state index in [9.17, 15) is 0 Å². The molecular weight excluding hydrogens is 464 g/mol. The zero-order valence-electron chi connectivity index (χ0n) is 19.3. The van der Waals surface area contributed by atoms with Crippen molar-refractivity contribution in [2.45, 2.75) is 39.4 Å². The molecule has 6 nitrogen and oxygen atoms in total. The number of aromatic nitrogens is 2. The van der Waals surface area contributed by atoms with Gasteiger partial charge < -0.3 is 20.4 Å². The predicted molar refractivity (Wildman–Crippen MR) is 143 cm³/mol. The van der Waals surface area contributed by atoms with Crippen molar-refractivity contribution < 1.29 is 0 Å². The molecular formula is C26H29ClN6S. The number of halogens is 1. The molecule has 0 spiro atoms. The molecule has 5 rings (SSSR count). The molecule has 0 saturated carbocycles. The highest BCUT2D eigenvalue weighted by Crippen LogP contribution is 2.31. The van der Waals surface area contributed by atoms with Crippen molar-refractivity contribution in [2.75, 3.05) is 28.2 Å². The maximum absolute atomic E-state index is 6.28. The highest BCUT2D eigenvalue weighted by molar-refractivity contribution is 7.80. The summed E-state index contributed by atoms with van der Waals surface area (Å²) in [6.45, 7) is 6.55. The Morgan fingerprint density at radius 1 is 0.971 bits per heavy atom. The number of benzene rings is 2. The van der Waals surface area contributed by atoms with E-state index >= 15 is 0 Å². The molecule has 2 aromatic carbocycles. The lowest BCUT2D eigenvalue weighted by Gasteiger charge is -2.32. The molecule has 2 N–H and O–H groups in total. The van der Waals surface area contributed by atoms with Crippen LogP contribution in [0.2, 0.25) is 5.02 Å². The summed E-state index contributed by atoms with van der Waals surface area (Å²) in [6, 6.07) is 18.4. The minimum absolute atomic E-state index is 0.472. The second-order valence-corrected chi connectivity index (χ2v) is 9.92. The van der Waals surface area contributed by atoms with Gasteiger partial charge in [-0.2, -0.15) is 9.97 Å². The summed E-state index contributed by atoms with van der Waals surface area (Å²) >= 11 is 11.8. The number of hydrogen-bond acceptors (Lipinski definition) is 5. The Morgan fingerprint density at radius 3 is 2.26 bits per heavy atom. The molecule has 176 valence electrons. The maximum Gasteiger partial charge on any atom is 0.232 e. The van der Waals surface area contributed by atoms with Crippen LogP contribution in [0, 0.1) is 5.92 Å². The van der Waals surface area contributed by atoms with Crippen LogP contribution in [0.15, 0.2) is 54.6 Å². The molecule has 0 amide bonds. The summed E-state index contributed by atoms with van der Waals surface area (Å²) in [6.07, 6.45) is 2.35. The Kier molecular flexibility index (Phi) is 6.83. The lowest BCUT2D eigenvalue weighted by molar-refractivity contribution is 0.436. The van der Waals surface area contributed by atoms with Crippen LogP contribution in [-0.4, -0.2) is 28.2 Å². The number of nitrogens with one attached hydrogen (secondary N) is 2. The molecule has 3 heterocycles. The molecule has 2 aliphatic rings. The summed E-state index contributed by atoms with van der Waals surface area (Å²) in [5.74, 6) is 3.13. The normalized spacial score (nSPS) is 15.8. The molecule has 8 heteroatoms. The predicted octanol–water partition coefficient (Wildman–Crippen LogP) is 5.37. The largest absolute Gasteiger partial charge is 0.358 e. The fourth-order valence-electron chi connectivity index (χ4n) is 4.50.